The minimum absolute atomic E-state index is 0.0372. The van der Waals surface area contributed by atoms with Gasteiger partial charge in [0.2, 0.25) is 0 Å². The third kappa shape index (κ3) is 4.39. The number of ketones is 1. The van der Waals surface area contributed by atoms with E-state index >= 15 is 0 Å². The molecule has 2 amide bonds. The van der Waals surface area contributed by atoms with Crippen molar-refractivity contribution in [3.63, 3.8) is 0 Å². The minimum atomic E-state index is -0.360. The molecule has 0 saturated carbocycles. The summed E-state index contributed by atoms with van der Waals surface area (Å²) in [6, 6.07) is 15.0. The number of aryl methyl sites for hydroxylation is 3. The second-order valence-corrected chi connectivity index (χ2v) is 11.2. The smallest absolute Gasteiger partial charge is 0.261 e. The molecule has 6 rings (SSSR count). The Kier molecular flexibility index (Phi) is 6.27. The van der Waals surface area contributed by atoms with Gasteiger partial charge in [-0.25, -0.2) is 4.39 Å². The van der Waals surface area contributed by atoms with Gasteiger partial charge in [-0.15, -0.1) is 11.3 Å². The van der Waals surface area contributed by atoms with E-state index in [1.165, 1.54) is 33.2 Å². The lowest BCUT2D eigenvalue weighted by Crippen LogP contribution is -2.36. The summed E-state index contributed by atoms with van der Waals surface area (Å²) in [5.74, 6) is -1.46. The highest BCUT2D eigenvalue weighted by atomic mass is 32.1. The molecular formula is C30H26FN3O3S. The number of benzene rings is 2. The van der Waals surface area contributed by atoms with E-state index in [1.54, 1.807) is 36.4 Å². The van der Waals surface area contributed by atoms with Crippen LogP contribution in [0.2, 0.25) is 0 Å². The van der Waals surface area contributed by atoms with Gasteiger partial charge in [-0.2, -0.15) is 5.10 Å². The molecule has 2 aromatic heterocycles. The van der Waals surface area contributed by atoms with Crippen molar-refractivity contribution in [3.8, 4) is 11.3 Å². The number of hydrogen-bond acceptors (Lipinski definition) is 5. The maximum atomic E-state index is 14.0. The molecule has 0 N–H and O–H groups in total. The number of amides is 2. The van der Waals surface area contributed by atoms with E-state index < -0.39 is 0 Å². The lowest BCUT2D eigenvalue weighted by atomic mass is 9.93. The number of carbonyl (C=O) groups excluding carboxylic acids is 3. The minimum Gasteiger partial charge on any atom is -0.293 e. The van der Waals surface area contributed by atoms with Crippen molar-refractivity contribution < 1.29 is 18.8 Å². The standard InChI is InChI=1S/C30H26FN3O3S/c1-18-16-32-34-11-5-10-26-24(28(18)34)15-27(38-26)25(35)14-20(12-19-6-4-7-21(31)13-19)17-33-29(36)22-8-2-3-9-23(22)30(33)37/h2-4,6-9,13,15-16,20H,5,10-12,14,17H2,1H3/t20-/m1/s1. The molecular weight excluding hydrogens is 501 g/mol. The van der Waals surface area contributed by atoms with Gasteiger partial charge in [0.1, 0.15) is 5.82 Å². The molecule has 0 spiro atoms. The van der Waals surface area contributed by atoms with Crippen LogP contribution < -0.4 is 0 Å². The lowest BCUT2D eigenvalue weighted by molar-refractivity contribution is 0.0617. The summed E-state index contributed by atoms with van der Waals surface area (Å²) in [5.41, 5.74) is 4.69. The summed E-state index contributed by atoms with van der Waals surface area (Å²) in [7, 11) is 0. The van der Waals surface area contributed by atoms with Crippen LogP contribution in [0.25, 0.3) is 11.3 Å². The largest absolute Gasteiger partial charge is 0.293 e. The molecule has 0 aliphatic carbocycles. The summed E-state index contributed by atoms with van der Waals surface area (Å²) in [4.78, 5) is 42.8. The summed E-state index contributed by atoms with van der Waals surface area (Å²) in [6.07, 6.45) is 4.21. The molecule has 0 radical (unpaired) electrons. The summed E-state index contributed by atoms with van der Waals surface area (Å²) >= 11 is 1.52. The van der Waals surface area contributed by atoms with Crippen LogP contribution in [-0.4, -0.2) is 38.8 Å². The number of fused-ring (bicyclic) bond motifs is 4. The molecule has 2 aromatic carbocycles. The zero-order valence-electron chi connectivity index (χ0n) is 20.9. The molecule has 2 aliphatic heterocycles. The molecule has 2 aliphatic rings. The van der Waals surface area contributed by atoms with Crippen molar-refractivity contribution in [3.05, 3.63) is 98.6 Å². The van der Waals surface area contributed by atoms with E-state index in [1.807, 2.05) is 23.9 Å². The van der Waals surface area contributed by atoms with Crippen molar-refractivity contribution in [2.45, 2.75) is 39.2 Å². The third-order valence-corrected chi connectivity index (χ3v) is 8.58. The van der Waals surface area contributed by atoms with Gasteiger partial charge < -0.3 is 0 Å². The molecule has 1 atom stereocenters. The first-order chi connectivity index (χ1) is 18.4. The predicted molar refractivity (Wildman–Crippen MR) is 143 cm³/mol. The van der Waals surface area contributed by atoms with Crippen molar-refractivity contribution in [2.24, 2.45) is 5.92 Å². The van der Waals surface area contributed by atoms with Gasteiger partial charge in [0.15, 0.2) is 5.78 Å². The molecule has 0 fully saturated rings. The van der Waals surface area contributed by atoms with E-state index in [2.05, 4.69) is 5.10 Å². The molecule has 4 heterocycles. The zero-order chi connectivity index (χ0) is 26.4. The molecule has 4 aromatic rings. The molecule has 6 nitrogen and oxygen atoms in total. The number of thiophene rings is 1. The predicted octanol–water partition coefficient (Wildman–Crippen LogP) is 5.73. The van der Waals surface area contributed by atoms with Crippen molar-refractivity contribution in [2.75, 3.05) is 6.54 Å². The summed E-state index contributed by atoms with van der Waals surface area (Å²) < 4.78 is 16.0. The summed E-state index contributed by atoms with van der Waals surface area (Å²) in [6.45, 7) is 2.97. The second-order valence-electron chi connectivity index (χ2n) is 10.0. The Hall–Kier alpha value is -3.91. The number of halogens is 1. The highest BCUT2D eigenvalue weighted by molar-refractivity contribution is 7.14. The van der Waals surface area contributed by atoms with Gasteiger partial charge >= 0.3 is 0 Å². The maximum absolute atomic E-state index is 14.0. The quantitative estimate of drug-likeness (QED) is 0.227. The van der Waals surface area contributed by atoms with E-state index in [4.69, 9.17) is 0 Å². The lowest BCUT2D eigenvalue weighted by Gasteiger charge is -2.22. The van der Waals surface area contributed by atoms with Crippen LogP contribution >= 0.6 is 11.3 Å². The molecule has 38 heavy (non-hydrogen) atoms. The van der Waals surface area contributed by atoms with Crippen LogP contribution in [0.3, 0.4) is 0 Å². The van der Waals surface area contributed by atoms with E-state index in [-0.39, 0.29) is 42.3 Å². The first-order valence-electron chi connectivity index (χ1n) is 12.8. The number of carbonyl (C=O) groups is 3. The Morgan fingerprint density at radius 3 is 2.55 bits per heavy atom. The number of nitrogens with zero attached hydrogens (tertiary/aromatic N) is 3. The first kappa shape index (κ1) is 24.4. The van der Waals surface area contributed by atoms with Gasteiger partial charge in [0, 0.05) is 30.0 Å². The van der Waals surface area contributed by atoms with Crippen LogP contribution in [0, 0.1) is 18.7 Å². The molecule has 192 valence electrons. The van der Waals surface area contributed by atoms with Crippen molar-refractivity contribution >= 4 is 28.9 Å². The van der Waals surface area contributed by atoms with Crippen molar-refractivity contribution in [1.82, 2.24) is 14.7 Å². The fraction of sp³-hybridized carbons (Fsp3) is 0.267. The Bertz CT molecular complexity index is 1550. The Balaban J connectivity index is 1.28. The number of rotatable bonds is 7. The number of imide groups is 1. The zero-order valence-corrected chi connectivity index (χ0v) is 21.8. The van der Waals surface area contributed by atoms with Crippen LogP contribution in [-0.2, 0) is 19.4 Å². The van der Waals surface area contributed by atoms with Crippen LogP contribution in [0.1, 0.15) is 59.2 Å². The first-order valence-corrected chi connectivity index (χ1v) is 13.6. The van der Waals surface area contributed by atoms with Gasteiger partial charge in [0.25, 0.3) is 11.8 Å². The SMILES string of the molecule is Cc1cnn2c1-c1cc(C(=O)C[C@@H](Cc3cccc(F)c3)CN3C(=O)c4ccccc4C3=O)sc1CCC2. The van der Waals surface area contributed by atoms with Gasteiger partial charge in [-0.1, -0.05) is 24.3 Å². The maximum Gasteiger partial charge on any atom is 0.261 e. The van der Waals surface area contributed by atoms with Gasteiger partial charge in [-0.3, -0.25) is 24.0 Å². The second kappa shape index (κ2) is 9.76. The van der Waals surface area contributed by atoms with Crippen molar-refractivity contribution in [1.29, 1.82) is 0 Å². The fourth-order valence-corrected chi connectivity index (χ4v) is 6.72. The van der Waals surface area contributed by atoms with Crippen LogP contribution in [0.4, 0.5) is 4.39 Å². The van der Waals surface area contributed by atoms with E-state index in [0.29, 0.717) is 22.4 Å². The molecule has 8 heteroatoms. The molecule has 0 unspecified atom stereocenters. The van der Waals surface area contributed by atoms with E-state index in [9.17, 15) is 18.8 Å². The molecule has 0 saturated heterocycles. The Labute approximate surface area is 223 Å². The summed E-state index contributed by atoms with van der Waals surface area (Å²) in [5, 5.41) is 4.50. The monoisotopic (exact) mass is 527 g/mol. The average molecular weight is 528 g/mol. The fourth-order valence-electron chi connectivity index (χ4n) is 5.57. The van der Waals surface area contributed by atoms with Gasteiger partial charge in [-0.05, 0) is 73.6 Å². The average Bonchev–Trinajstić information content (AvgIpc) is 3.51. The number of aromatic nitrogens is 2. The van der Waals surface area contributed by atoms with E-state index in [0.717, 1.165) is 41.8 Å². The Morgan fingerprint density at radius 1 is 1.05 bits per heavy atom. The highest BCUT2D eigenvalue weighted by Gasteiger charge is 2.37. The normalized spacial score (nSPS) is 15.2. The number of hydrogen-bond donors (Lipinski definition) is 0. The number of Topliss-reactive ketones (excluding diaryl/α,β-unsaturated/α-hetero) is 1. The topological polar surface area (TPSA) is 72.3 Å². The molecule has 0 bridgehead atoms. The van der Waals surface area contributed by atoms with Gasteiger partial charge in [0.05, 0.1) is 27.9 Å². The van der Waals surface area contributed by atoms with Crippen LogP contribution in [0.5, 0.6) is 0 Å². The third-order valence-electron chi connectivity index (χ3n) is 7.34. The van der Waals surface area contributed by atoms with Crippen LogP contribution in [0.15, 0.2) is 60.8 Å². The Morgan fingerprint density at radius 2 is 1.82 bits per heavy atom. The highest BCUT2D eigenvalue weighted by Crippen LogP contribution is 2.37.